The smallest absolute Gasteiger partial charge is 0.223 e. The van der Waals surface area contributed by atoms with Crippen LogP contribution in [0.25, 0.3) is 0 Å². The van der Waals surface area contributed by atoms with Crippen molar-refractivity contribution in [3.8, 4) is 0 Å². The molecule has 1 fully saturated rings. The minimum Gasteiger partial charge on any atom is -0.386 e. The molecule has 1 aliphatic heterocycles. The average Bonchev–Trinajstić information content (AvgIpc) is 2.78. The van der Waals surface area contributed by atoms with Crippen molar-refractivity contribution in [3.05, 3.63) is 70.7 Å². The summed E-state index contributed by atoms with van der Waals surface area (Å²) >= 11 is 5.89. The number of aryl methyl sites for hydroxylation is 1. The minimum absolute atomic E-state index is 0.0631. The van der Waals surface area contributed by atoms with Crippen molar-refractivity contribution in [2.45, 2.75) is 44.8 Å². The molecule has 0 saturated carbocycles. The molecule has 6 heteroatoms. The van der Waals surface area contributed by atoms with Gasteiger partial charge < -0.3 is 15.3 Å². The number of nitrogens with zero attached hydrogens (tertiary/aromatic N) is 1. The maximum absolute atomic E-state index is 12.6. The first-order valence-electron chi connectivity index (χ1n) is 10.5. The Bertz CT molecular complexity index is 833. The summed E-state index contributed by atoms with van der Waals surface area (Å²) in [6, 6.07) is 16.5. The van der Waals surface area contributed by atoms with Gasteiger partial charge in [0.2, 0.25) is 11.8 Å². The first kappa shape index (κ1) is 22.3. The van der Waals surface area contributed by atoms with Gasteiger partial charge in [-0.05, 0) is 49.4 Å². The summed E-state index contributed by atoms with van der Waals surface area (Å²) in [6.07, 6.45) is 1.72. The van der Waals surface area contributed by atoms with Gasteiger partial charge in [-0.2, -0.15) is 0 Å². The predicted octanol–water partition coefficient (Wildman–Crippen LogP) is 3.75. The van der Waals surface area contributed by atoms with Gasteiger partial charge in [0, 0.05) is 30.5 Å². The van der Waals surface area contributed by atoms with E-state index in [-0.39, 0.29) is 17.7 Å². The van der Waals surface area contributed by atoms with Crippen molar-refractivity contribution >= 4 is 23.4 Å². The van der Waals surface area contributed by atoms with E-state index in [2.05, 4.69) is 5.32 Å². The van der Waals surface area contributed by atoms with Crippen LogP contribution in [0.2, 0.25) is 5.02 Å². The summed E-state index contributed by atoms with van der Waals surface area (Å²) < 4.78 is 0. The lowest BCUT2D eigenvalue weighted by Crippen LogP contribution is -2.46. The molecule has 1 saturated heterocycles. The van der Waals surface area contributed by atoms with E-state index in [0.717, 1.165) is 12.0 Å². The van der Waals surface area contributed by atoms with E-state index in [1.165, 1.54) is 0 Å². The number of amides is 2. The molecule has 0 radical (unpaired) electrons. The van der Waals surface area contributed by atoms with E-state index >= 15 is 0 Å². The van der Waals surface area contributed by atoms with E-state index in [9.17, 15) is 14.7 Å². The van der Waals surface area contributed by atoms with Gasteiger partial charge >= 0.3 is 0 Å². The number of aliphatic hydroxyl groups excluding tert-OH is 1. The van der Waals surface area contributed by atoms with Crippen LogP contribution < -0.4 is 5.32 Å². The topological polar surface area (TPSA) is 69.6 Å². The van der Waals surface area contributed by atoms with Gasteiger partial charge in [-0.3, -0.25) is 9.59 Å². The van der Waals surface area contributed by atoms with Gasteiger partial charge in [-0.25, -0.2) is 0 Å². The lowest BCUT2D eigenvalue weighted by Gasteiger charge is -2.32. The van der Waals surface area contributed by atoms with E-state index in [1.807, 2.05) is 35.2 Å². The molecular weight excluding hydrogens is 400 g/mol. The first-order chi connectivity index (χ1) is 14.4. The highest BCUT2D eigenvalue weighted by atomic mass is 35.5. The molecule has 0 unspecified atom stereocenters. The number of likely N-dealkylation sites (tertiary alicyclic amines) is 1. The number of hydrogen-bond donors (Lipinski definition) is 2. The third-order valence-corrected chi connectivity index (χ3v) is 6.00. The average molecular weight is 429 g/mol. The molecule has 3 rings (SSSR count). The standard InChI is InChI=1S/C24H29ClN2O3/c1-17(23(29)19-8-10-21(25)11-9-19)26-24(30)20-13-15-27(16-14-20)22(28)12-7-18-5-3-2-4-6-18/h2-6,8-11,17,20,23,29H,7,12-16H2,1H3,(H,26,30)/t17-,23-/m1/s1. The molecule has 0 bridgehead atoms. The fraction of sp³-hybridized carbons (Fsp3) is 0.417. The second-order valence-electron chi connectivity index (χ2n) is 7.93. The molecule has 2 N–H and O–H groups in total. The zero-order valence-electron chi connectivity index (χ0n) is 17.3. The molecule has 0 spiro atoms. The molecule has 30 heavy (non-hydrogen) atoms. The van der Waals surface area contributed by atoms with Gasteiger partial charge in [0.25, 0.3) is 0 Å². The largest absolute Gasteiger partial charge is 0.386 e. The first-order valence-corrected chi connectivity index (χ1v) is 10.9. The fourth-order valence-electron chi connectivity index (χ4n) is 3.81. The summed E-state index contributed by atoms with van der Waals surface area (Å²) in [5, 5.41) is 14.0. The Balaban J connectivity index is 1.43. The Morgan fingerprint density at radius 2 is 1.73 bits per heavy atom. The van der Waals surface area contributed by atoms with Gasteiger partial charge in [-0.1, -0.05) is 54.1 Å². The molecule has 2 amide bonds. The van der Waals surface area contributed by atoms with Crippen LogP contribution in [0.4, 0.5) is 0 Å². The molecule has 0 aromatic heterocycles. The van der Waals surface area contributed by atoms with Gasteiger partial charge in [0.15, 0.2) is 0 Å². The fourth-order valence-corrected chi connectivity index (χ4v) is 3.94. The molecular formula is C24H29ClN2O3. The number of benzene rings is 2. The predicted molar refractivity (Wildman–Crippen MR) is 118 cm³/mol. The highest BCUT2D eigenvalue weighted by Gasteiger charge is 2.29. The van der Waals surface area contributed by atoms with Crippen LogP contribution in [0.15, 0.2) is 54.6 Å². The highest BCUT2D eigenvalue weighted by molar-refractivity contribution is 6.30. The van der Waals surface area contributed by atoms with Crippen LogP contribution in [0.5, 0.6) is 0 Å². The van der Waals surface area contributed by atoms with Crippen molar-refractivity contribution in [3.63, 3.8) is 0 Å². The van der Waals surface area contributed by atoms with E-state index in [1.54, 1.807) is 31.2 Å². The summed E-state index contributed by atoms with van der Waals surface area (Å²) in [5.41, 5.74) is 1.87. The highest BCUT2D eigenvalue weighted by Crippen LogP contribution is 2.22. The second kappa shape index (κ2) is 10.6. The Kier molecular flexibility index (Phi) is 7.88. The van der Waals surface area contributed by atoms with Crippen LogP contribution in [0, 0.1) is 5.92 Å². The van der Waals surface area contributed by atoms with Crippen molar-refractivity contribution in [1.82, 2.24) is 10.2 Å². The van der Waals surface area contributed by atoms with Crippen LogP contribution >= 0.6 is 11.6 Å². The van der Waals surface area contributed by atoms with Crippen molar-refractivity contribution < 1.29 is 14.7 Å². The Hall–Kier alpha value is -2.37. The molecule has 2 atom stereocenters. The molecule has 2 aromatic rings. The summed E-state index contributed by atoms with van der Waals surface area (Å²) in [7, 11) is 0. The quantitative estimate of drug-likeness (QED) is 0.705. The lowest BCUT2D eigenvalue weighted by molar-refractivity contribution is -0.136. The van der Waals surface area contributed by atoms with Crippen molar-refractivity contribution in [2.75, 3.05) is 13.1 Å². The Morgan fingerprint density at radius 1 is 1.10 bits per heavy atom. The third-order valence-electron chi connectivity index (χ3n) is 5.74. The zero-order chi connectivity index (χ0) is 21.5. The minimum atomic E-state index is -0.800. The molecule has 5 nitrogen and oxygen atoms in total. The number of carbonyl (C=O) groups is 2. The maximum atomic E-state index is 12.6. The monoisotopic (exact) mass is 428 g/mol. The van der Waals surface area contributed by atoms with Gasteiger partial charge in [0.1, 0.15) is 0 Å². The van der Waals surface area contributed by atoms with E-state index < -0.39 is 12.1 Å². The molecule has 1 aliphatic rings. The van der Waals surface area contributed by atoms with Crippen molar-refractivity contribution in [2.24, 2.45) is 5.92 Å². The SMILES string of the molecule is C[C@@H](NC(=O)C1CCN(C(=O)CCc2ccccc2)CC1)[C@@H](O)c1ccc(Cl)cc1. The van der Waals surface area contributed by atoms with E-state index in [4.69, 9.17) is 11.6 Å². The third kappa shape index (κ3) is 6.07. The second-order valence-corrected chi connectivity index (χ2v) is 8.37. The number of nitrogens with one attached hydrogen (secondary N) is 1. The number of piperidine rings is 1. The van der Waals surface area contributed by atoms with Crippen LogP contribution in [-0.4, -0.2) is 41.0 Å². The summed E-state index contributed by atoms with van der Waals surface area (Å²) in [6.45, 7) is 2.99. The summed E-state index contributed by atoms with van der Waals surface area (Å²) in [5.74, 6) is -0.0563. The molecule has 160 valence electrons. The normalized spacial score (nSPS) is 16.7. The number of halogens is 1. The molecule has 0 aliphatic carbocycles. The van der Waals surface area contributed by atoms with Crippen LogP contribution in [0.3, 0.4) is 0 Å². The van der Waals surface area contributed by atoms with Gasteiger partial charge in [-0.15, -0.1) is 0 Å². The molecule has 2 aromatic carbocycles. The Morgan fingerprint density at radius 3 is 2.37 bits per heavy atom. The zero-order valence-corrected chi connectivity index (χ0v) is 18.0. The van der Waals surface area contributed by atoms with E-state index in [0.29, 0.717) is 42.9 Å². The van der Waals surface area contributed by atoms with Crippen LogP contribution in [-0.2, 0) is 16.0 Å². The maximum Gasteiger partial charge on any atom is 0.223 e. The molecule has 1 heterocycles. The number of carbonyl (C=O) groups excluding carboxylic acids is 2. The number of rotatable bonds is 7. The van der Waals surface area contributed by atoms with Crippen molar-refractivity contribution in [1.29, 1.82) is 0 Å². The van der Waals surface area contributed by atoms with Crippen LogP contribution in [0.1, 0.15) is 43.4 Å². The number of hydrogen-bond acceptors (Lipinski definition) is 3. The number of aliphatic hydroxyl groups is 1. The Labute approximate surface area is 183 Å². The van der Waals surface area contributed by atoms with Gasteiger partial charge in [0.05, 0.1) is 12.1 Å². The summed E-state index contributed by atoms with van der Waals surface area (Å²) in [4.78, 5) is 27.0. The lowest BCUT2D eigenvalue weighted by atomic mass is 9.94.